The molecule has 0 unspecified atom stereocenters. The van der Waals surface area contributed by atoms with E-state index in [4.69, 9.17) is 17.3 Å². The topological polar surface area (TPSA) is 67.9 Å². The smallest absolute Gasteiger partial charge is 0.147 e. The fourth-order valence-corrected chi connectivity index (χ4v) is 3.34. The Morgan fingerprint density at radius 3 is 2.76 bits per heavy atom. The molecule has 3 rings (SSSR count). The van der Waals surface area contributed by atoms with Gasteiger partial charge in [-0.25, -0.2) is 15.0 Å². The molecular formula is C14H16ClN5S. The van der Waals surface area contributed by atoms with Gasteiger partial charge in [-0.1, -0.05) is 23.4 Å². The number of nitrogen functional groups attached to an aromatic ring is 1. The number of pyridine rings is 1. The van der Waals surface area contributed by atoms with Gasteiger partial charge in [0.05, 0.1) is 16.9 Å². The molecule has 0 bridgehead atoms. The van der Waals surface area contributed by atoms with E-state index in [2.05, 4.69) is 19.9 Å². The van der Waals surface area contributed by atoms with Crippen LogP contribution in [0, 0.1) is 6.92 Å². The third kappa shape index (κ3) is 3.06. The van der Waals surface area contributed by atoms with Gasteiger partial charge < -0.3 is 10.6 Å². The van der Waals surface area contributed by atoms with Crippen LogP contribution < -0.4 is 10.6 Å². The molecule has 5 nitrogen and oxygen atoms in total. The molecule has 1 aliphatic heterocycles. The molecule has 1 fully saturated rings. The molecule has 2 N–H and O–H groups in total. The van der Waals surface area contributed by atoms with Crippen LogP contribution in [0.2, 0.25) is 5.02 Å². The fraction of sp³-hybridized carbons (Fsp3) is 0.357. The van der Waals surface area contributed by atoms with E-state index in [0.717, 1.165) is 34.5 Å². The number of halogens is 1. The summed E-state index contributed by atoms with van der Waals surface area (Å²) in [7, 11) is 0. The van der Waals surface area contributed by atoms with Crippen molar-refractivity contribution in [1.82, 2.24) is 15.0 Å². The molecule has 0 aromatic carbocycles. The maximum Gasteiger partial charge on any atom is 0.147 e. The maximum absolute atomic E-state index is 6.17. The van der Waals surface area contributed by atoms with Crippen molar-refractivity contribution in [2.24, 2.45) is 0 Å². The van der Waals surface area contributed by atoms with Crippen LogP contribution in [0.15, 0.2) is 28.4 Å². The van der Waals surface area contributed by atoms with E-state index in [0.29, 0.717) is 10.8 Å². The summed E-state index contributed by atoms with van der Waals surface area (Å²) in [6, 6.07) is 1.83. The molecule has 1 saturated heterocycles. The Balaban J connectivity index is 1.84. The molecule has 2 aromatic rings. The first-order valence-corrected chi connectivity index (χ1v) is 8.01. The molecule has 1 aliphatic rings. The lowest BCUT2D eigenvalue weighted by Gasteiger charge is -2.17. The summed E-state index contributed by atoms with van der Waals surface area (Å²) in [6.07, 6.45) is 5.93. The minimum atomic E-state index is 0.334. The van der Waals surface area contributed by atoms with Crippen LogP contribution in [-0.2, 0) is 0 Å². The quantitative estimate of drug-likeness (QED) is 0.936. The van der Waals surface area contributed by atoms with Crippen LogP contribution >= 0.6 is 23.4 Å². The molecule has 0 amide bonds. The highest BCUT2D eigenvalue weighted by Gasteiger charge is 2.16. The first-order valence-electron chi connectivity index (χ1n) is 6.81. The predicted molar refractivity (Wildman–Crippen MR) is 86.0 cm³/mol. The molecule has 21 heavy (non-hydrogen) atoms. The van der Waals surface area contributed by atoms with Crippen molar-refractivity contribution >= 4 is 35.0 Å². The Morgan fingerprint density at radius 2 is 2.05 bits per heavy atom. The first-order chi connectivity index (χ1) is 10.1. The zero-order valence-electron chi connectivity index (χ0n) is 11.7. The van der Waals surface area contributed by atoms with E-state index >= 15 is 0 Å². The maximum atomic E-state index is 6.17. The molecule has 0 spiro atoms. The number of anilines is 2. The number of rotatable bonds is 3. The van der Waals surface area contributed by atoms with Gasteiger partial charge in [-0.15, -0.1) is 0 Å². The number of aromatic nitrogens is 3. The molecule has 2 aromatic heterocycles. The Hall–Kier alpha value is -1.53. The van der Waals surface area contributed by atoms with Crippen LogP contribution in [0.25, 0.3) is 0 Å². The fourth-order valence-electron chi connectivity index (χ4n) is 2.28. The summed E-state index contributed by atoms with van der Waals surface area (Å²) < 4.78 is 0. The van der Waals surface area contributed by atoms with E-state index in [1.807, 2.05) is 19.2 Å². The van der Waals surface area contributed by atoms with E-state index in [-0.39, 0.29) is 0 Å². The lowest BCUT2D eigenvalue weighted by Crippen LogP contribution is -2.19. The Morgan fingerprint density at radius 1 is 1.29 bits per heavy atom. The van der Waals surface area contributed by atoms with Crippen LogP contribution in [0.5, 0.6) is 0 Å². The van der Waals surface area contributed by atoms with Gasteiger partial charge in [0.1, 0.15) is 16.7 Å². The number of hydrogen-bond donors (Lipinski definition) is 1. The second-order valence-electron chi connectivity index (χ2n) is 4.92. The van der Waals surface area contributed by atoms with Crippen molar-refractivity contribution in [3.63, 3.8) is 0 Å². The van der Waals surface area contributed by atoms with Gasteiger partial charge in [0.15, 0.2) is 0 Å². The second-order valence-corrected chi connectivity index (χ2v) is 6.33. The highest BCUT2D eigenvalue weighted by Crippen LogP contribution is 2.35. The number of nitrogens with two attached hydrogens (primary N) is 1. The summed E-state index contributed by atoms with van der Waals surface area (Å²) in [4.78, 5) is 16.3. The van der Waals surface area contributed by atoms with Crippen LogP contribution in [0.3, 0.4) is 0 Å². The molecule has 0 saturated carbocycles. The largest absolute Gasteiger partial charge is 0.382 e. The summed E-state index contributed by atoms with van der Waals surface area (Å²) in [5, 5.41) is 1.30. The lowest BCUT2D eigenvalue weighted by atomic mass is 10.4. The zero-order valence-corrected chi connectivity index (χ0v) is 13.3. The number of hydrogen-bond acceptors (Lipinski definition) is 6. The average molecular weight is 322 g/mol. The van der Waals surface area contributed by atoms with Crippen molar-refractivity contribution in [3.05, 3.63) is 29.2 Å². The van der Waals surface area contributed by atoms with E-state index in [1.165, 1.54) is 24.6 Å². The van der Waals surface area contributed by atoms with E-state index in [1.54, 1.807) is 6.20 Å². The molecule has 0 aliphatic carbocycles. The van der Waals surface area contributed by atoms with Crippen LogP contribution in [-0.4, -0.2) is 28.0 Å². The van der Waals surface area contributed by atoms with Crippen molar-refractivity contribution < 1.29 is 0 Å². The standard InChI is InChI=1S/C14H16ClN5S/c1-9-14(21-10-4-5-17-13(16)12(10)15)18-8-11(19-9)20-6-2-3-7-20/h4-5,8H,2-3,6-7H2,1H3,(H2,16,17). The molecule has 7 heteroatoms. The third-order valence-corrected chi connectivity index (χ3v) is 5.07. The Bertz CT molecular complexity index is 658. The number of aryl methyl sites for hydroxylation is 1. The molecule has 0 atom stereocenters. The van der Waals surface area contributed by atoms with Gasteiger partial charge in [0.25, 0.3) is 0 Å². The van der Waals surface area contributed by atoms with Gasteiger partial charge in [-0.05, 0) is 25.8 Å². The Labute approximate surface area is 132 Å². The second kappa shape index (κ2) is 6.07. The molecule has 3 heterocycles. The van der Waals surface area contributed by atoms with Crippen LogP contribution in [0.4, 0.5) is 11.6 Å². The summed E-state index contributed by atoms with van der Waals surface area (Å²) in [5.74, 6) is 1.29. The van der Waals surface area contributed by atoms with Gasteiger partial charge in [0.2, 0.25) is 0 Å². The summed E-state index contributed by atoms with van der Waals surface area (Å²) >= 11 is 7.63. The zero-order chi connectivity index (χ0) is 14.8. The van der Waals surface area contributed by atoms with Crippen molar-refractivity contribution in [3.8, 4) is 0 Å². The predicted octanol–water partition coefficient (Wildman–Crippen LogP) is 3.17. The van der Waals surface area contributed by atoms with Crippen molar-refractivity contribution in [2.75, 3.05) is 23.7 Å². The highest BCUT2D eigenvalue weighted by atomic mass is 35.5. The van der Waals surface area contributed by atoms with Gasteiger partial charge in [-0.2, -0.15) is 0 Å². The first kappa shape index (κ1) is 14.4. The SMILES string of the molecule is Cc1nc(N2CCCC2)cnc1Sc1ccnc(N)c1Cl. The number of nitrogens with zero attached hydrogens (tertiary/aromatic N) is 4. The van der Waals surface area contributed by atoms with Gasteiger partial charge in [-0.3, -0.25) is 0 Å². The minimum absolute atomic E-state index is 0.334. The summed E-state index contributed by atoms with van der Waals surface area (Å²) in [6.45, 7) is 4.09. The van der Waals surface area contributed by atoms with Crippen molar-refractivity contribution in [1.29, 1.82) is 0 Å². The lowest BCUT2D eigenvalue weighted by molar-refractivity contribution is 0.887. The molecular weight excluding hydrogens is 306 g/mol. The Kier molecular flexibility index (Phi) is 4.17. The van der Waals surface area contributed by atoms with Crippen LogP contribution in [0.1, 0.15) is 18.5 Å². The van der Waals surface area contributed by atoms with Gasteiger partial charge in [0, 0.05) is 24.2 Å². The highest BCUT2D eigenvalue weighted by molar-refractivity contribution is 7.99. The summed E-state index contributed by atoms with van der Waals surface area (Å²) in [5.41, 5.74) is 6.62. The average Bonchev–Trinajstić information content (AvgIpc) is 3.00. The van der Waals surface area contributed by atoms with Crippen molar-refractivity contribution in [2.45, 2.75) is 29.7 Å². The normalized spacial score (nSPS) is 14.7. The van der Waals surface area contributed by atoms with E-state index in [9.17, 15) is 0 Å². The van der Waals surface area contributed by atoms with E-state index < -0.39 is 0 Å². The molecule has 0 radical (unpaired) electrons. The third-order valence-electron chi connectivity index (χ3n) is 3.41. The monoisotopic (exact) mass is 321 g/mol. The molecule has 110 valence electrons. The van der Waals surface area contributed by atoms with Gasteiger partial charge >= 0.3 is 0 Å². The minimum Gasteiger partial charge on any atom is -0.382 e.